The molecule has 0 aliphatic rings. The lowest BCUT2D eigenvalue weighted by Crippen LogP contribution is -1.97. The fourth-order valence-electron chi connectivity index (χ4n) is 1.75. The highest BCUT2D eigenvalue weighted by atomic mass is 79.9. The monoisotopic (exact) mass is 308 g/mol. The minimum atomic E-state index is -0.259. The van der Waals surface area contributed by atoms with Gasteiger partial charge in [-0.15, -0.1) is 0 Å². The Morgan fingerprint density at radius 3 is 2.56 bits per heavy atom. The summed E-state index contributed by atoms with van der Waals surface area (Å²) in [6, 6.07) is 11.0. The van der Waals surface area contributed by atoms with Gasteiger partial charge in [-0.2, -0.15) is 0 Å². The zero-order chi connectivity index (χ0) is 13.1. The molecule has 0 saturated carbocycles. The smallest absolute Gasteiger partial charge is 0.137 e. The van der Waals surface area contributed by atoms with Crippen molar-refractivity contribution in [3.63, 3.8) is 0 Å². The third kappa shape index (κ3) is 3.10. The highest BCUT2D eigenvalue weighted by Gasteiger charge is 2.03. The molecule has 0 N–H and O–H groups in total. The molecule has 0 aromatic heterocycles. The van der Waals surface area contributed by atoms with Crippen LogP contribution in [0, 0.1) is 19.7 Å². The molecule has 2 aromatic rings. The van der Waals surface area contributed by atoms with Gasteiger partial charge in [-0.1, -0.05) is 23.8 Å². The molecule has 0 aliphatic carbocycles. The molecule has 2 rings (SSSR count). The van der Waals surface area contributed by atoms with Crippen molar-refractivity contribution in [2.75, 3.05) is 0 Å². The van der Waals surface area contributed by atoms with E-state index in [0.29, 0.717) is 11.1 Å². The summed E-state index contributed by atoms with van der Waals surface area (Å²) in [6.07, 6.45) is 0. The second-order valence-electron chi connectivity index (χ2n) is 4.31. The van der Waals surface area contributed by atoms with Crippen LogP contribution in [-0.2, 0) is 6.61 Å². The number of rotatable bonds is 3. The molecule has 0 bridgehead atoms. The van der Waals surface area contributed by atoms with E-state index in [1.807, 2.05) is 26.0 Å². The van der Waals surface area contributed by atoms with E-state index in [0.717, 1.165) is 16.9 Å². The number of halogens is 2. The quantitative estimate of drug-likeness (QED) is 0.792. The third-order valence-corrected chi connectivity index (χ3v) is 3.32. The summed E-state index contributed by atoms with van der Waals surface area (Å²) < 4.78 is 19.3. The Morgan fingerprint density at radius 1 is 1.11 bits per heavy atom. The van der Waals surface area contributed by atoms with E-state index >= 15 is 0 Å². The second kappa shape index (κ2) is 5.53. The van der Waals surface area contributed by atoms with E-state index in [1.165, 1.54) is 11.6 Å². The van der Waals surface area contributed by atoms with Crippen LogP contribution in [0.25, 0.3) is 0 Å². The summed E-state index contributed by atoms with van der Waals surface area (Å²) in [4.78, 5) is 0. The number of hydrogen-bond donors (Lipinski definition) is 0. The van der Waals surface area contributed by atoms with Crippen LogP contribution < -0.4 is 4.74 Å². The fraction of sp³-hybridized carbons (Fsp3) is 0.200. The van der Waals surface area contributed by atoms with Crippen LogP contribution in [0.2, 0.25) is 0 Å². The molecule has 0 amide bonds. The molecule has 0 fully saturated rings. The van der Waals surface area contributed by atoms with Crippen LogP contribution >= 0.6 is 15.9 Å². The van der Waals surface area contributed by atoms with Gasteiger partial charge < -0.3 is 4.74 Å². The van der Waals surface area contributed by atoms with Gasteiger partial charge in [0.25, 0.3) is 0 Å². The maximum absolute atomic E-state index is 13.1. The van der Waals surface area contributed by atoms with Crippen molar-refractivity contribution in [3.8, 4) is 5.75 Å². The summed E-state index contributed by atoms with van der Waals surface area (Å²) in [5.41, 5.74) is 3.25. The highest BCUT2D eigenvalue weighted by molar-refractivity contribution is 9.10. The molecule has 3 heteroatoms. The lowest BCUT2D eigenvalue weighted by atomic mass is 10.1. The first kappa shape index (κ1) is 13.1. The highest BCUT2D eigenvalue weighted by Crippen LogP contribution is 2.21. The number of benzene rings is 2. The van der Waals surface area contributed by atoms with Crippen LogP contribution in [0.15, 0.2) is 40.9 Å². The van der Waals surface area contributed by atoms with Gasteiger partial charge in [0.2, 0.25) is 0 Å². The van der Waals surface area contributed by atoms with E-state index in [-0.39, 0.29) is 5.82 Å². The normalized spacial score (nSPS) is 10.4. The Hall–Kier alpha value is -1.35. The van der Waals surface area contributed by atoms with Gasteiger partial charge in [-0.25, -0.2) is 4.39 Å². The minimum absolute atomic E-state index is 0.259. The fourth-order valence-corrected chi connectivity index (χ4v) is 2.18. The molecular formula is C15H14BrFO. The molecule has 2 aromatic carbocycles. The molecule has 0 spiro atoms. The largest absolute Gasteiger partial charge is 0.489 e. The Labute approximate surface area is 115 Å². The van der Waals surface area contributed by atoms with Gasteiger partial charge in [0.05, 0.1) is 4.47 Å². The van der Waals surface area contributed by atoms with Crippen LogP contribution in [-0.4, -0.2) is 0 Å². The maximum Gasteiger partial charge on any atom is 0.137 e. The first-order valence-electron chi connectivity index (χ1n) is 5.70. The van der Waals surface area contributed by atoms with Crippen molar-refractivity contribution in [1.29, 1.82) is 0 Å². The molecule has 0 atom stereocenters. The predicted octanol–water partition coefficient (Wildman–Crippen LogP) is 4.78. The van der Waals surface area contributed by atoms with Crippen molar-refractivity contribution < 1.29 is 9.13 Å². The van der Waals surface area contributed by atoms with E-state index < -0.39 is 0 Å². The Balaban J connectivity index is 2.09. The molecule has 18 heavy (non-hydrogen) atoms. The second-order valence-corrected chi connectivity index (χ2v) is 5.16. The van der Waals surface area contributed by atoms with Gasteiger partial charge in [0.1, 0.15) is 18.2 Å². The van der Waals surface area contributed by atoms with Crippen LogP contribution in [0.5, 0.6) is 5.75 Å². The van der Waals surface area contributed by atoms with Gasteiger partial charge in [-0.3, -0.25) is 0 Å². The molecule has 94 valence electrons. The number of hydrogen-bond acceptors (Lipinski definition) is 1. The van der Waals surface area contributed by atoms with E-state index in [2.05, 4.69) is 22.0 Å². The van der Waals surface area contributed by atoms with Crippen molar-refractivity contribution in [2.24, 2.45) is 0 Å². The van der Waals surface area contributed by atoms with Gasteiger partial charge in [0.15, 0.2) is 0 Å². The predicted molar refractivity (Wildman–Crippen MR) is 74.3 cm³/mol. The summed E-state index contributed by atoms with van der Waals surface area (Å²) in [5, 5.41) is 0. The first-order chi connectivity index (χ1) is 8.56. The molecule has 0 radical (unpaired) electrons. The average Bonchev–Trinajstić information content (AvgIpc) is 2.32. The van der Waals surface area contributed by atoms with Crippen LogP contribution in [0.3, 0.4) is 0 Å². The molecule has 1 nitrogen and oxygen atoms in total. The topological polar surface area (TPSA) is 9.23 Å². The first-order valence-corrected chi connectivity index (χ1v) is 6.49. The van der Waals surface area contributed by atoms with Gasteiger partial charge in [0, 0.05) is 0 Å². The molecular weight excluding hydrogens is 295 g/mol. The van der Waals surface area contributed by atoms with Crippen LogP contribution in [0.1, 0.15) is 16.7 Å². The average molecular weight is 309 g/mol. The number of aryl methyl sites for hydroxylation is 2. The molecule has 0 unspecified atom stereocenters. The van der Waals surface area contributed by atoms with Crippen molar-refractivity contribution in [2.45, 2.75) is 20.5 Å². The Morgan fingerprint density at radius 2 is 1.89 bits per heavy atom. The molecule has 0 aliphatic heterocycles. The van der Waals surface area contributed by atoms with Crippen molar-refractivity contribution in [3.05, 3.63) is 63.4 Å². The minimum Gasteiger partial charge on any atom is -0.489 e. The van der Waals surface area contributed by atoms with E-state index in [4.69, 9.17) is 4.74 Å². The summed E-state index contributed by atoms with van der Waals surface area (Å²) in [5.74, 6) is 0.603. The standard InChI is InChI=1S/C15H14BrFO/c1-10-3-6-15(11(2)7-10)18-9-12-4-5-14(17)13(16)8-12/h3-8H,9H2,1-2H3. The maximum atomic E-state index is 13.1. The Bertz CT molecular complexity index is 566. The summed E-state index contributed by atoms with van der Waals surface area (Å²) in [7, 11) is 0. The third-order valence-electron chi connectivity index (χ3n) is 2.71. The lowest BCUT2D eigenvalue weighted by molar-refractivity contribution is 0.304. The SMILES string of the molecule is Cc1ccc(OCc2ccc(F)c(Br)c2)c(C)c1. The molecule has 0 saturated heterocycles. The number of ether oxygens (including phenoxy) is 1. The summed E-state index contributed by atoms with van der Waals surface area (Å²) >= 11 is 3.17. The lowest BCUT2D eigenvalue weighted by Gasteiger charge is -2.10. The zero-order valence-electron chi connectivity index (χ0n) is 10.3. The van der Waals surface area contributed by atoms with Crippen molar-refractivity contribution >= 4 is 15.9 Å². The van der Waals surface area contributed by atoms with Crippen molar-refractivity contribution in [1.82, 2.24) is 0 Å². The Kier molecular flexibility index (Phi) is 4.02. The summed E-state index contributed by atoms with van der Waals surface area (Å²) in [6.45, 7) is 4.50. The van der Waals surface area contributed by atoms with Crippen LogP contribution in [0.4, 0.5) is 4.39 Å². The van der Waals surface area contributed by atoms with Gasteiger partial charge in [-0.05, 0) is 59.1 Å². The molecule has 0 heterocycles. The van der Waals surface area contributed by atoms with Gasteiger partial charge >= 0.3 is 0 Å². The zero-order valence-corrected chi connectivity index (χ0v) is 11.9. The van der Waals surface area contributed by atoms with E-state index in [9.17, 15) is 4.39 Å². The van der Waals surface area contributed by atoms with E-state index in [1.54, 1.807) is 12.1 Å².